The monoisotopic (exact) mass is 351 g/mol. The molecule has 1 saturated heterocycles. The van der Waals surface area contributed by atoms with Crippen LogP contribution in [0.5, 0.6) is 0 Å². The molecule has 0 aliphatic carbocycles. The molecule has 7 heteroatoms. The van der Waals surface area contributed by atoms with Gasteiger partial charge in [0, 0.05) is 20.2 Å². The molecule has 0 spiro atoms. The van der Waals surface area contributed by atoms with Crippen LogP contribution >= 0.6 is 0 Å². The van der Waals surface area contributed by atoms with E-state index in [0.29, 0.717) is 25.9 Å². The molecule has 7 nitrogen and oxygen atoms in total. The zero-order chi connectivity index (χ0) is 18.6. The first-order chi connectivity index (χ1) is 11.8. The van der Waals surface area contributed by atoms with Crippen molar-refractivity contribution in [3.8, 4) is 0 Å². The van der Waals surface area contributed by atoms with Crippen LogP contribution in [-0.4, -0.2) is 60.3 Å². The lowest BCUT2D eigenvalue weighted by Crippen LogP contribution is -2.65. The molecule has 2 rings (SSSR count). The zero-order valence-corrected chi connectivity index (χ0v) is 15.5. The summed E-state index contributed by atoms with van der Waals surface area (Å²) in [5, 5.41) is 13.3. The van der Waals surface area contributed by atoms with Crippen LogP contribution < -0.4 is 5.73 Å². The fraction of sp³-hybridized carbons (Fsp3) is 0.611. The van der Waals surface area contributed by atoms with E-state index in [1.807, 2.05) is 32.0 Å². The highest BCUT2D eigenvalue weighted by Crippen LogP contribution is 2.31. The van der Waals surface area contributed by atoms with E-state index in [1.165, 1.54) is 7.11 Å². The molecule has 3 N–H and O–H groups in total. The molecule has 1 fully saturated rings. The second kappa shape index (κ2) is 8.25. The van der Waals surface area contributed by atoms with E-state index in [-0.39, 0.29) is 12.3 Å². The summed E-state index contributed by atoms with van der Waals surface area (Å²) in [4.78, 5) is 18.0. The Morgan fingerprint density at radius 1 is 1.36 bits per heavy atom. The van der Waals surface area contributed by atoms with Crippen molar-refractivity contribution in [2.45, 2.75) is 44.9 Å². The lowest BCUT2D eigenvalue weighted by Gasteiger charge is -2.47. The number of rotatable bonds is 6. The van der Waals surface area contributed by atoms with Gasteiger partial charge in [-0.15, -0.1) is 0 Å². The third-order valence-electron chi connectivity index (χ3n) is 5.13. The van der Waals surface area contributed by atoms with Crippen molar-refractivity contribution in [2.75, 3.05) is 27.3 Å². The molecule has 1 aliphatic heterocycles. The maximum Gasteiger partial charge on any atom is 0.251 e. The number of piperidine rings is 1. The van der Waals surface area contributed by atoms with E-state index in [9.17, 15) is 10.0 Å². The summed E-state index contributed by atoms with van der Waals surface area (Å²) < 4.78 is 5.29. The standard InChI is InChI=1S/C18H29N3O4/c1-13-5-6-14(2)15(11-13)12-16(22)21(23)18(17(19)24-3)7-9-20(25-4)10-8-18/h5-6,11,17,23H,7-10,12,19H2,1-4H3. The van der Waals surface area contributed by atoms with Gasteiger partial charge in [0.15, 0.2) is 0 Å². The van der Waals surface area contributed by atoms with Gasteiger partial charge in [-0.25, -0.2) is 5.06 Å². The topological polar surface area (TPSA) is 88.3 Å². The van der Waals surface area contributed by atoms with Gasteiger partial charge in [-0.3, -0.25) is 10.0 Å². The summed E-state index contributed by atoms with van der Waals surface area (Å²) in [7, 11) is 3.09. The highest BCUT2D eigenvalue weighted by atomic mass is 16.7. The Hall–Kier alpha value is -1.51. The van der Waals surface area contributed by atoms with E-state index in [1.54, 1.807) is 12.2 Å². The third kappa shape index (κ3) is 4.19. The second-order valence-corrected chi connectivity index (χ2v) is 6.68. The fourth-order valence-corrected chi connectivity index (χ4v) is 3.37. The van der Waals surface area contributed by atoms with Crippen molar-refractivity contribution >= 4 is 5.91 Å². The van der Waals surface area contributed by atoms with Crippen LogP contribution in [0.15, 0.2) is 18.2 Å². The smallest absolute Gasteiger partial charge is 0.251 e. The van der Waals surface area contributed by atoms with Crippen LogP contribution in [0.25, 0.3) is 0 Å². The van der Waals surface area contributed by atoms with E-state index in [0.717, 1.165) is 21.8 Å². The number of carbonyl (C=O) groups excluding carboxylic acids is 1. The number of nitrogens with two attached hydrogens (primary N) is 1. The van der Waals surface area contributed by atoms with E-state index in [2.05, 4.69) is 0 Å². The first-order valence-corrected chi connectivity index (χ1v) is 8.49. The maximum absolute atomic E-state index is 12.8. The predicted molar refractivity (Wildman–Crippen MR) is 93.8 cm³/mol. The first kappa shape index (κ1) is 19.8. The van der Waals surface area contributed by atoms with Gasteiger partial charge >= 0.3 is 0 Å². The van der Waals surface area contributed by atoms with Crippen molar-refractivity contribution in [1.29, 1.82) is 0 Å². The molecule has 1 unspecified atom stereocenters. The number of carbonyl (C=O) groups is 1. The van der Waals surface area contributed by atoms with Gasteiger partial charge < -0.3 is 15.3 Å². The van der Waals surface area contributed by atoms with Crippen molar-refractivity contribution < 1.29 is 19.6 Å². The van der Waals surface area contributed by atoms with Crippen LogP contribution in [-0.2, 0) is 20.8 Å². The Balaban J connectivity index is 2.20. The Morgan fingerprint density at radius 3 is 2.56 bits per heavy atom. The lowest BCUT2D eigenvalue weighted by molar-refractivity contribution is -0.243. The van der Waals surface area contributed by atoms with Crippen LogP contribution in [0.4, 0.5) is 0 Å². The third-order valence-corrected chi connectivity index (χ3v) is 5.13. The van der Waals surface area contributed by atoms with Gasteiger partial charge in [-0.05, 0) is 37.8 Å². The zero-order valence-electron chi connectivity index (χ0n) is 15.5. The Bertz CT molecular complexity index is 600. The van der Waals surface area contributed by atoms with Gasteiger partial charge in [0.25, 0.3) is 5.91 Å². The van der Waals surface area contributed by atoms with Crippen molar-refractivity contribution in [1.82, 2.24) is 10.1 Å². The van der Waals surface area contributed by atoms with E-state index >= 15 is 0 Å². The summed E-state index contributed by atoms with van der Waals surface area (Å²) in [6, 6.07) is 5.95. The molecule has 25 heavy (non-hydrogen) atoms. The van der Waals surface area contributed by atoms with Gasteiger partial charge in [0.05, 0.1) is 13.5 Å². The summed E-state index contributed by atoms with van der Waals surface area (Å²) in [5.41, 5.74) is 8.16. The Morgan fingerprint density at radius 2 is 2.00 bits per heavy atom. The van der Waals surface area contributed by atoms with Crippen LogP contribution in [0.1, 0.15) is 29.5 Å². The molecule has 1 aromatic carbocycles. The average Bonchev–Trinajstić information content (AvgIpc) is 2.63. The molecular formula is C18H29N3O4. The van der Waals surface area contributed by atoms with Gasteiger partial charge in [-0.1, -0.05) is 23.8 Å². The van der Waals surface area contributed by atoms with Gasteiger partial charge in [-0.2, -0.15) is 5.06 Å². The number of aryl methyl sites for hydroxylation is 2. The SMILES string of the molecule is COC(N)C1(N(O)C(=O)Cc2cc(C)ccc2C)CCN(OC)CC1. The molecule has 140 valence electrons. The second-order valence-electron chi connectivity index (χ2n) is 6.68. The number of ether oxygens (including phenoxy) is 1. The molecule has 1 aromatic rings. The number of benzene rings is 1. The Labute approximate surface area is 149 Å². The molecule has 1 heterocycles. The van der Waals surface area contributed by atoms with Gasteiger partial charge in [0.1, 0.15) is 11.8 Å². The number of hydroxylamine groups is 4. The fourth-order valence-electron chi connectivity index (χ4n) is 3.37. The minimum Gasteiger partial charge on any atom is -0.364 e. The molecule has 0 radical (unpaired) electrons. The van der Waals surface area contributed by atoms with Crippen molar-refractivity contribution in [2.24, 2.45) is 5.73 Å². The first-order valence-electron chi connectivity index (χ1n) is 8.49. The molecule has 0 bridgehead atoms. The summed E-state index contributed by atoms with van der Waals surface area (Å²) >= 11 is 0. The largest absolute Gasteiger partial charge is 0.364 e. The quantitative estimate of drug-likeness (QED) is 0.457. The molecular weight excluding hydrogens is 322 g/mol. The molecule has 1 atom stereocenters. The number of hydrogen-bond acceptors (Lipinski definition) is 6. The minimum atomic E-state index is -0.960. The minimum absolute atomic E-state index is 0.121. The van der Waals surface area contributed by atoms with Crippen molar-refractivity contribution in [3.05, 3.63) is 34.9 Å². The highest BCUT2D eigenvalue weighted by molar-refractivity contribution is 5.79. The number of nitrogens with zero attached hydrogens (tertiary/aromatic N) is 2. The molecule has 0 saturated carbocycles. The number of methoxy groups -OCH3 is 1. The van der Waals surface area contributed by atoms with Crippen molar-refractivity contribution in [3.63, 3.8) is 0 Å². The number of hydrogen-bond donors (Lipinski definition) is 2. The van der Waals surface area contributed by atoms with Crippen LogP contribution in [0, 0.1) is 13.8 Å². The molecule has 0 aromatic heterocycles. The molecule has 1 aliphatic rings. The summed E-state index contributed by atoms with van der Waals surface area (Å²) in [6.45, 7) is 5.05. The summed E-state index contributed by atoms with van der Waals surface area (Å²) in [5.74, 6) is -0.382. The normalized spacial score (nSPS) is 18.8. The van der Waals surface area contributed by atoms with E-state index in [4.69, 9.17) is 15.3 Å². The predicted octanol–water partition coefficient (Wildman–Crippen LogP) is 1.39. The van der Waals surface area contributed by atoms with Crippen LogP contribution in [0.2, 0.25) is 0 Å². The van der Waals surface area contributed by atoms with E-state index < -0.39 is 11.8 Å². The number of amides is 1. The summed E-state index contributed by atoms with van der Waals surface area (Å²) in [6.07, 6.45) is 0.269. The van der Waals surface area contributed by atoms with Crippen LogP contribution in [0.3, 0.4) is 0 Å². The highest BCUT2D eigenvalue weighted by Gasteiger charge is 2.47. The Kier molecular flexibility index (Phi) is 6.53. The lowest BCUT2D eigenvalue weighted by atomic mass is 9.85. The molecule has 1 amide bonds. The average molecular weight is 351 g/mol. The van der Waals surface area contributed by atoms with Gasteiger partial charge in [0.2, 0.25) is 0 Å². The maximum atomic E-state index is 12.8.